The lowest BCUT2D eigenvalue weighted by Crippen LogP contribution is -1.89. The maximum atomic E-state index is 8.67. The third kappa shape index (κ3) is 1.77. The smallest absolute Gasteiger partial charge is 0.136 e. The van der Waals surface area contributed by atoms with Gasteiger partial charge in [0.05, 0.1) is 12.7 Å². The molecule has 0 aromatic heterocycles. The van der Waals surface area contributed by atoms with E-state index in [4.69, 9.17) is 10.00 Å². The zero-order valence-electron chi connectivity index (χ0n) is 6.67. The van der Waals surface area contributed by atoms with Crippen LogP contribution in [-0.4, -0.2) is 7.11 Å². The lowest BCUT2D eigenvalue weighted by Gasteiger charge is -2.03. The fourth-order valence-corrected chi connectivity index (χ4v) is 1.26. The molecule has 0 aliphatic heterocycles. The van der Waals surface area contributed by atoms with Crippen LogP contribution in [0, 0.1) is 11.3 Å². The summed E-state index contributed by atoms with van der Waals surface area (Å²) in [6.07, 6.45) is 0. The average molecular weight is 226 g/mol. The summed E-state index contributed by atoms with van der Waals surface area (Å²) in [6, 6.07) is 7.57. The number of hydrogen-bond acceptors (Lipinski definition) is 2. The largest absolute Gasteiger partial charge is 0.495 e. The molecule has 62 valence electrons. The molecule has 1 aromatic carbocycles. The predicted octanol–water partition coefficient (Wildman–Crippen LogP) is 2.46. The van der Waals surface area contributed by atoms with E-state index >= 15 is 0 Å². The van der Waals surface area contributed by atoms with E-state index in [1.165, 1.54) is 0 Å². The van der Waals surface area contributed by atoms with Gasteiger partial charge in [0, 0.05) is 5.33 Å². The first kappa shape index (κ1) is 9.08. The number of benzene rings is 1. The number of nitrogens with zero attached hydrogens (tertiary/aromatic N) is 1. The van der Waals surface area contributed by atoms with Gasteiger partial charge in [0.15, 0.2) is 0 Å². The van der Waals surface area contributed by atoms with Crippen LogP contribution in [0.2, 0.25) is 0 Å². The number of ether oxygens (including phenoxy) is 1. The number of hydrogen-bond donors (Lipinski definition) is 0. The summed E-state index contributed by atoms with van der Waals surface area (Å²) >= 11 is 3.33. The molecule has 3 heteroatoms. The minimum absolute atomic E-state index is 0.571. The minimum atomic E-state index is 0.571. The molecule has 0 fully saturated rings. The second-order valence-corrected chi connectivity index (χ2v) is 2.84. The molecule has 0 amide bonds. The summed E-state index contributed by atoms with van der Waals surface area (Å²) in [5, 5.41) is 9.44. The third-order valence-electron chi connectivity index (χ3n) is 1.54. The Morgan fingerprint density at radius 2 is 2.33 bits per heavy atom. The van der Waals surface area contributed by atoms with Crippen LogP contribution in [0.1, 0.15) is 11.1 Å². The van der Waals surface area contributed by atoms with Crippen LogP contribution in [0.5, 0.6) is 5.75 Å². The normalized spacial score (nSPS) is 9.08. The Kier molecular flexibility index (Phi) is 3.12. The van der Waals surface area contributed by atoms with Crippen molar-refractivity contribution >= 4 is 15.9 Å². The molecule has 0 N–H and O–H groups in total. The highest BCUT2D eigenvalue weighted by molar-refractivity contribution is 9.08. The first-order chi connectivity index (χ1) is 5.81. The number of methoxy groups -OCH3 is 1. The van der Waals surface area contributed by atoms with E-state index in [1.807, 2.05) is 12.1 Å². The zero-order chi connectivity index (χ0) is 8.97. The molecule has 0 unspecified atom stereocenters. The minimum Gasteiger partial charge on any atom is -0.495 e. The maximum absolute atomic E-state index is 8.67. The Morgan fingerprint density at radius 1 is 1.58 bits per heavy atom. The molecule has 2 nitrogen and oxygen atoms in total. The first-order valence-electron chi connectivity index (χ1n) is 3.44. The average Bonchev–Trinajstić information content (AvgIpc) is 2.16. The number of halogens is 1. The SMILES string of the molecule is COc1cc(CBr)ccc1C#N. The van der Waals surface area contributed by atoms with Gasteiger partial charge in [0.2, 0.25) is 0 Å². The van der Waals surface area contributed by atoms with E-state index < -0.39 is 0 Å². The lowest BCUT2D eigenvalue weighted by molar-refractivity contribution is 0.413. The summed E-state index contributed by atoms with van der Waals surface area (Å²) in [6.45, 7) is 0. The Bertz CT molecular complexity index is 317. The van der Waals surface area contributed by atoms with Crippen LogP contribution >= 0.6 is 15.9 Å². The molecule has 0 bridgehead atoms. The van der Waals surface area contributed by atoms with Gasteiger partial charge in [-0.1, -0.05) is 22.0 Å². The molecule has 12 heavy (non-hydrogen) atoms. The van der Waals surface area contributed by atoms with Gasteiger partial charge in [-0.3, -0.25) is 0 Å². The number of alkyl halides is 1. The first-order valence-corrected chi connectivity index (χ1v) is 4.57. The second kappa shape index (κ2) is 4.13. The summed E-state index contributed by atoms with van der Waals surface area (Å²) in [7, 11) is 1.56. The third-order valence-corrected chi connectivity index (χ3v) is 2.19. The van der Waals surface area contributed by atoms with Gasteiger partial charge in [-0.05, 0) is 17.7 Å². The molecule has 1 aromatic rings. The van der Waals surface area contributed by atoms with Gasteiger partial charge in [-0.25, -0.2) is 0 Å². The molecule has 0 aliphatic rings. The summed E-state index contributed by atoms with van der Waals surface area (Å²) in [4.78, 5) is 0. The maximum Gasteiger partial charge on any atom is 0.136 e. The molecule has 0 heterocycles. The van der Waals surface area contributed by atoms with Crippen LogP contribution in [0.4, 0.5) is 0 Å². The molecular formula is C9H8BrNO. The highest BCUT2D eigenvalue weighted by Crippen LogP contribution is 2.20. The highest BCUT2D eigenvalue weighted by Gasteiger charge is 2.01. The summed E-state index contributed by atoms with van der Waals surface area (Å²) in [5.74, 6) is 0.634. The fraction of sp³-hybridized carbons (Fsp3) is 0.222. The molecule has 0 radical (unpaired) electrons. The Morgan fingerprint density at radius 3 is 2.83 bits per heavy atom. The fourth-order valence-electron chi connectivity index (χ4n) is 0.911. The Labute approximate surface area is 79.9 Å². The summed E-state index contributed by atoms with van der Waals surface area (Å²) < 4.78 is 5.04. The van der Waals surface area contributed by atoms with Crippen molar-refractivity contribution in [2.24, 2.45) is 0 Å². The molecule has 0 aliphatic carbocycles. The van der Waals surface area contributed by atoms with E-state index in [-0.39, 0.29) is 0 Å². The van der Waals surface area contributed by atoms with Crippen LogP contribution in [0.25, 0.3) is 0 Å². The second-order valence-electron chi connectivity index (χ2n) is 2.28. The molecular weight excluding hydrogens is 218 g/mol. The highest BCUT2D eigenvalue weighted by atomic mass is 79.9. The van der Waals surface area contributed by atoms with Crippen molar-refractivity contribution in [2.75, 3.05) is 7.11 Å². The van der Waals surface area contributed by atoms with Gasteiger partial charge in [0.1, 0.15) is 11.8 Å². The molecule has 0 saturated heterocycles. The lowest BCUT2D eigenvalue weighted by atomic mass is 10.1. The van der Waals surface area contributed by atoms with Crippen LogP contribution < -0.4 is 4.74 Å². The topological polar surface area (TPSA) is 33.0 Å². The Balaban J connectivity index is 3.13. The number of rotatable bonds is 2. The van der Waals surface area contributed by atoms with Crippen LogP contribution in [0.15, 0.2) is 18.2 Å². The van der Waals surface area contributed by atoms with Crippen molar-refractivity contribution in [3.05, 3.63) is 29.3 Å². The Hall–Kier alpha value is -1.01. The van der Waals surface area contributed by atoms with E-state index in [0.29, 0.717) is 11.3 Å². The standard InChI is InChI=1S/C9H8BrNO/c1-12-9-4-7(5-10)2-3-8(9)6-11/h2-4H,5H2,1H3. The van der Waals surface area contributed by atoms with Crippen LogP contribution in [-0.2, 0) is 5.33 Å². The van der Waals surface area contributed by atoms with Crippen LogP contribution in [0.3, 0.4) is 0 Å². The molecule has 0 atom stereocenters. The van der Waals surface area contributed by atoms with E-state index in [2.05, 4.69) is 22.0 Å². The van der Waals surface area contributed by atoms with E-state index in [1.54, 1.807) is 13.2 Å². The van der Waals surface area contributed by atoms with Crippen molar-refractivity contribution in [1.82, 2.24) is 0 Å². The summed E-state index contributed by atoms with van der Waals surface area (Å²) in [5.41, 5.74) is 1.67. The molecule has 0 saturated carbocycles. The van der Waals surface area contributed by atoms with E-state index in [9.17, 15) is 0 Å². The number of nitriles is 1. The van der Waals surface area contributed by atoms with Gasteiger partial charge < -0.3 is 4.74 Å². The van der Waals surface area contributed by atoms with Gasteiger partial charge >= 0.3 is 0 Å². The van der Waals surface area contributed by atoms with Crippen molar-refractivity contribution in [2.45, 2.75) is 5.33 Å². The van der Waals surface area contributed by atoms with Gasteiger partial charge in [-0.2, -0.15) is 5.26 Å². The molecule has 1 rings (SSSR count). The van der Waals surface area contributed by atoms with Crippen molar-refractivity contribution < 1.29 is 4.74 Å². The molecule has 0 spiro atoms. The van der Waals surface area contributed by atoms with Gasteiger partial charge in [0.25, 0.3) is 0 Å². The van der Waals surface area contributed by atoms with Gasteiger partial charge in [-0.15, -0.1) is 0 Å². The zero-order valence-corrected chi connectivity index (χ0v) is 8.26. The predicted molar refractivity (Wildman–Crippen MR) is 50.3 cm³/mol. The van der Waals surface area contributed by atoms with Crippen molar-refractivity contribution in [3.63, 3.8) is 0 Å². The van der Waals surface area contributed by atoms with Crippen molar-refractivity contribution in [3.8, 4) is 11.8 Å². The van der Waals surface area contributed by atoms with Crippen molar-refractivity contribution in [1.29, 1.82) is 5.26 Å². The van der Waals surface area contributed by atoms with E-state index in [0.717, 1.165) is 10.9 Å². The monoisotopic (exact) mass is 225 g/mol. The quantitative estimate of drug-likeness (QED) is 0.725.